The van der Waals surface area contributed by atoms with Crippen LogP contribution in [0.5, 0.6) is 5.75 Å². The maximum Gasteiger partial charge on any atom is 0.381 e. The number of nitrogens with zero attached hydrogens (tertiary/aromatic N) is 1. The SMILES string of the molecule is O=c1[nH]c(=O)n([C@@H]2O[C@@](COP3(=S)OCc4ccccc4O3)(C(F)F)[C@H](F)[C@H]2O)cc1F. The summed E-state index contributed by atoms with van der Waals surface area (Å²) in [5.41, 5.74) is -5.15. The van der Waals surface area contributed by atoms with Gasteiger partial charge in [-0.25, -0.2) is 18.0 Å². The fraction of sp³-hybridized carbons (Fsp3) is 0.412. The molecule has 3 heterocycles. The van der Waals surface area contributed by atoms with E-state index >= 15 is 0 Å². The minimum absolute atomic E-state index is 0.0354. The molecule has 9 nitrogen and oxygen atoms in total. The van der Waals surface area contributed by atoms with Gasteiger partial charge >= 0.3 is 12.4 Å². The van der Waals surface area contributed by atoms with Gasteiger partial charge in [-0.2, -0.15) is 4.39 Å². The molecule has 1 aromatic heterocycles. The number of ether oxygens (including phenoxy) is 1. The quantitative estimate of drug-likeness (QED) is 0.474. The molecule has 2 N–H and O–H groups in total. The van der Waals surface area contributed by atoms with Crippen LogP contribution in [0, 0.1) is 5.82 Å². The number of H-pyrrole nitrogens is 1. The molecule has 4 rings (SSSR count). The minimum Gasteiger partial charge on any atom is -0.424 e. The Morgan fingerprint density at radius 2 is 2.09 bits per heavy atom. The van der Waals surface area contributed by atoms with Crippen molar-refractivity contribution in [2.24, 2.45) is 0 Å². The number of hydrogen-bond acceptors (Lipinski definition) is 8. The van der Waals surface area contributed by atoms with E-state index in [-0.39, 0.29) is 11.2 Å². The maximum absolute atomic E-state index is 14.9. The summed E-state index contributed by atoms with van der Waals surface area (Å²) < 4.78 is 77.9. The summed E-state index contributed by atoms with van der Waals surface area (Å²) in [6.45, 7) is -4.89. The predicted octanol–water partition coefficient (Wildman–Crippen LogP) is 1.76. The molecule has 0 spiro atoms. The van der Waals surface area contributed by atoms with E-state index in [9.17, 15) is 32.3 Å². The van der Waals surface area contributed by atoms with Crippen LogP contribution in [0.3, 0.4) is 0 Å². The predicted molar refractivity (Wildman–Crippen MR) is 103 cm³/mol. The topological polar surface area (TPSA) is 112 Å². The Morgan fingerprint density at radius 3 is 2.81 bits per heavy atom. The summed E-state index contributed by atoms with van der Waals surface area (Å²) >= 11 is 5.16. The van der Waals surface area contributed by atoms with Crippen LogP contribution < -0.4 is 15.8 Å². The molecule has 1 aromatic carbocycles. The molecule has 174 valence electrons. The van der Waals surface area contributed by atoms with Crippen LogP contribution in [0.4, 0.5) is 17.6 Å². The van der Waals surface area contributed by atoms with Crippen LogP contribution in [0.2, 0.25) is 0 Å². The number of rotatable bonds is 5. The smallest absolute Gasteiger partial charge is 0.381 e. The van der Waals surface area contributed by atoms with E-state index in [1.807, 2.05) is 0 Å². The van der Waals surface area contributed by atoms with Gasteiger partial charge in [0.05, 0.1) is 19.4 Å². The van der Waals surface area contributed by atoms with Crippen LogP contribution in [-0.4, -0.2) is 45.6 Å². The van der Waals surface area contributed by atoms with Gasteiger partial charge in [-0.3, -0.25) is 23.4 Å². The first kappa shape index (κ1) is 23.1. The number of nitrogens with one attached hydrogen (secondary N) is 1. The van der Waals surface area contributed by atoms with Crippen molar-refractivity contribution >= 4 is 18.5 Å². The molecule has 2 aliphatic heterocycles. The summed E-state index contributed by atoms with van der Waals surface area (Å²) in [4.78, 5) is 24.7. The van der Waals surface area contributed by atoms with Crippen LogP contribution in [0.1, 0.15) is 11.8 Å². The van der Waals surface area contributed by atoms with E-state index in [0.717, 1.165) is 0 Å². The molecular formula is C17H15F4N2O7PS. The summed E-state index contributed by atoms with van der Waals surface area (Å²) in [6, 6.07) is 6.61. The van der Waals surface area contributed by atoms with Crippen LogP contribution in [0.15, 0.2) is 40.1 Å². The van der Waals surface area contributed by atoms with Crippen molar-refractivity contribution in [3.63, 3.8) is 0 Å². The second kappa shape index (κ2) is 8.36. The minimum atomic E-state index is -3.65. The summed E-state index contributed by atoms with van der Waals surface area (Å²) in [5, 5.41) is 10.2. The molecule has 32 heavy (non-hydrogen) atoms. The summed E-state index contributed by atoms with van der Waals surface area (Å²) in [5.74, 6) is -1.16. The Kier molecular flexibility index (Phi) is 6.03. The Morgan fingerprint density at radius 1 is 1.38 bits per heavy atom. The van der Waals surface area contributed by atoms with Crippen molar-refractivity contribution in [2.75, 3.05) is 6.61 Å². The lowest BCUT2D eigenvalue weighted by Gasteiger charge is -2.33. The van der Waals surface area contributed by atoms with Gasteiger partial charge in [-0.15, -0.1) is 0 Å². The molecule has 0 bridgehead atoms. The first-order valence-corrected chi connectivity index (χ1v) is 11.6. The number of hydrogen-bond donors (Lipinski definition) is 2. The van der Waals surface area contributed by atoms with E-state index in [1.54, 1.807) is 29.2 Å². The van der Waals surface area contributed by atoms with Gasteiger partial charge in [0, 0.05) is 17.4 Å². The zero-order valence-corrected chi connectivity index (χ0v) is 17.5. The van der Waals surface area contributed by atoms with Gasteiger partial charge in [0.1, 0.15) is 11.9 Å². The second-order valence-electron chi connectivity index (χ2n) is 6.99. The van der Waals surface area contributed by atoms with Crippen molar-refractivity contribution in [1.82, 2.24) is 9.55 Å². The number of fused-ring (bicyclic) bond motifs is 1. The Balaban J connectivity index is 1.60. The number of aliphatic hydroxyl groups excluding tert-OH is 1. The number of benzene rings is 1. The summed E-state index contributed by atoms with van der Waals surface area (Å²) in [6.07, 6.45) is -10.5. The molecule has 5 atom stereocenters. The molecule has 2 aliphatic rings. The molecular weight excluding hydrogens is 483 g/mol. The zero-order valence-electron chi connectivity index (χ0n) is 15.8. The lowest BCUT2D eigenvalue weighted by atomic mass is 9.98. The van der Waals surface area contributed by atoms with E-state index < -0.39 is 60.9 Å². The maximum atomic E-state index is 14.9. The van der Waals surface area contributed by atoms with Gasteiger partial charge < -0.3 is 14.4 Å². The third kappa shape index (κ3) is 3.91. The fourth-order valence-electron chi connectivity index (χ4n) is 3.26. The number of aromatic nitrogens is 2. The van der Waals surface area contributed by atoms with Crippen molar-refractivity contribution < 1.29 is 41.0 Å². The van der Waals surface area contributed by atoms with Gasteiger partial charge in [-0.05, 0) is 6.07 Å². The molecule has 0 aliphatic carbocycles. The van der Waals surface area contributed by atoms with E-state index in [0.29, 0.717) is 17.5 Å². The van der Waals surface area contributed by atoms with Gasteiger partial charge in [0.15, 0.2) is 18.0 Å². The first-order chi connectivity index (χ1) is 15.1. The van der Waals surface area contributed by atoms with Crippen LogP contribution in [0.25, 0.3) is 0 Å². The zero-order chi connectivity index (χ0) is 23.3. The largest absolute Gasteiger partial charge is 0.424 e. The normalized spacial score (nSPS) is 32.0. The molecule has 1 fully saturated rings. The Bertz CT molecular complexity index is 1190. The number of aromatic amines is 1. The molecule has 2 aromatic rings. The molecule has 15 heteroatoms. The molecule has 1 unspecified atom stereocenters. The van der Waals surface area contributed by atoms with Crippen LogP contribution in [-0.2, 0) is 32.2 Å². The standard InChI is InChI=1S/C17H15F4N2O7PS/c18-9-5-23(16(26)22-13(9)25)14-11(24)12(19)17(29-14,15(20)21)7-28-31(32)27-6-8-3-1-2-4-10(8)30-31/h1-5,11-12,14-15,24H,6-7H2,(H,22,25,26)/t11-,12-,14-,17-,31?/m1/s1. The van der Waals surface area contributed by atoms with E-state index in [2.05, 4.69) is 0 Å². The summed E-state index contributed by atoms with van der Waals surface area (Å²) in [7, 11) is 0. The first-order valence-electron chi connectivity index (χ1n) is 9.02. The van der Waals surface area contributed by atoms with Crippen molar-refractivity contribution in [2.45, 2.75) is 37.1 Å². The lowest BCUT2D eigenvalue weighted by Crippen LogP contribution is -2.50. The highest BCUT2D eigenvalue weighted by atomic mass is 32.5. The van der Waals surface area contributed by atoms with E-state index in [4.69, 9.17) is 30.1 Å². The Labute approximate surface area is 181 Å². The van der Waals surface area contributed by atoms with Crippen LogP contribution >= 0.6 is 6.72 Å². The number of aliphatic hydroxyl groups is 1. The Hall–Kier alpha value is -2.09. The molecule has 0 saturated carbocycles. The van der Waals surface area contributed by atoms with Crippen molar-refractivity contribution in [1.29, 1.82) is 0 Å². The molecule has 1 saturated heterocycles. The lowest BCUT2D eigenvalue weighted by molar-refractivity contribution is -0.184. The van der Waals surface area contributed by atoms with Crippen molar-refractivity contribution in [3.8, 4) is 5.75 Å². The average molecular weight is 498 g/mol. The second-order valence-corrected chi connectivity index (χ2v) is 9.93. The number of alkyl halides is 3. The van der Waals surface area contributed by atoms with E-state index in [1.165, 1.54) is 0 Å². The average Bonchev–Trinajstić information content (AvgIpc) is 3.01. The number of halogens is 4. The van der Waals surface area contributed by atoms with Crippen molar-refractivity contribution in [3.05, 3.63) is 62.7 Å². The highest BCUT2D eigenvalue weighted by Gasteiger charge is 2.62. The third-order valence-corrected chi connectivity index (χ3v) is 7.14. The monoisotopic (exact) mass is 498 g/mol. The number of para-hydroxylation sites is 1. The fourth-order valence-corrected chi connectivity index (χ4v) is 5.08. The van der Waals surface area contributed by atoms with Gasteiger partial charge in [-0.1, -0.05) is 18.2 Å². The van der Waals surface area contributed by atoms with Gasteiger partial charge in [0.25, 0.3) is 12.0 Å². The molecule has 0 radical (unpaired) electrons. The van der Waals surface area contributed by atoms with Gasteiger partial charge in [0.2, 0.25) is 5.82 Å². The highest BCUT2D eigenvalue weighted by molar-refractivity contribution is 8.07. The highest BCUT2D eigenvalue weighted by Crippen LogP contribution is 2.56. The molecule has 0 amide bonds. The third-order valence-electron chi connectivity index (χ3n) is 4.98.